The summed E-state index contributed by atoms with van der Waals surface area (Å²) in [5, 5.41) is 3.86. The largest absolute Gasteiger partial charge is 0.382 e. The van der Waals surface area contributed by atoms with Gasteiger partial charge in [0.05, 0.1) is 0 Å². The lowest BCUT2D eigenvalue weighted by Gasteiger charge is -2.40. The van der Waals surface area contributed by atoms with Gasteiger partial charge in [-0.25, -0.2) is 0 Å². The van der Waals surface area contributed by atoms with Gasteiger partial charge in [-0.2, -0.15) is 0 Å². The Bertz CT molecular complexity index is 555. The number of piperidine rings is 1. The fourth-order valence-corrected chi connectivity index (χ4v) is 5.39. The van der Waals surface area contributed by atoms with E-state index in [-0.39, 0.29) is 0 Å². The first-order valence-electron chi connectivity index (χ1n) is 11.1. The summed E-state index contributed by atoms with van der Waals surface area (Å²) in [6, 6.07) is 5.25. The molecule has 1 heterocycles. The second kappa shape index (κ2) is 8.78. The lowest BCUT2D eigenvalue weighted by molar-refractivity contribution is 0.123. The van der Waals surface area contributed by atoms with Crippen molar-refractivity contribution in [2.24, 2.45) is 5.41 Å². The Kier molecular flexibility index (Phi) is 6.66. The van der Waals surface area contributed by atoms with E-state index in [4.69, 9.17) is 0 Å². The fourth-order valence-electron chi connectivity index (χ4n) is 5.39. The summed E-state index contributed by atoms with van der Waals surface area (Å²) in [6.07, 6.45) is 12.7. The Hall–Kier alpha value is -1.02. The smallest absolute Gasteiger partial charge is 0.0401 e. The molecule has 2 heteroatoms. The van der Waals surface area contributed by atoms with Crippen LogP contribution >= 0.6 is 0 Å². The Labute approximate surface area is 161 Å². The van der Waals surface area contributed by atoms with Gasteiger partial charge < -0.3 is 10.2 Å². The molecule has 2 fully saturated rings. The van der Waals surface area contributed by atoms with Gasteiger partial charge in [0.15, 0.2) is 0 Å². The summed E-state index contributed by atoms with van der Waals surface area (Å²) in [5.41, 5.74) is 6.21. The van der Waals surface area contributed by atoms with E-state index in [9.17, 15) is 0 Å². The van der Waals surface area contributed by atoms with Gasteiger partial charge in [-0.3, -0.25) is 0 Å². The van der Waals surface area contributed by atoms with Crippen LogP contribution in [-0.2, 0) is 0 Å². The molecule has 0 aromatic heterocycles. The van der Waals surface area contributed by atoms with Crippen molar-refractivity contribution in [2.75, 3.05) is 25.0 Å². The molecule has 2 aliphatic rings. The molecule has 0 unspecified atom stereocenters. The van der Waals surface area contributed by atoms with Crippen molar-refractivity contribution in [2.45, 2.75) is 91.5 Å². The van der Waals surface area contributed by atoms with E-state index < -0.39 is 0 Å². The summed E-state index contributed by atoms with van der Waals surface area (Å²) in [6.45, 7) is 13.0. The molecule has 0 radical (unpaired) electrons. The SMILES string of the molecule is CCC1(CCN2CCC(Nc3c(C)cc(C)cc3C)CC2)CCCCC1. The molecule has 146 valence electrons. The van der Waals surface area contributed by atoms with Gasteiger partial charge in [-0.1, -0.05) is 50.3 Å². The molecule has 1 aromatic rings. The van der Waals surface area contributed by atoms with Crippen molar-refractivity contribution < 1.29 is 0 Å². The quantitative estimate of drug-likeness (QED) is 0.649. The average molecular weight is 357 g/mol. The number of anilines is 1. The third-order valence-electron chi connectivity index (χ3n) is 7.24. The van der Waals surface area contributed by atoms with Gasteiger partial charge >= 0.3 is 0 Å². The second-order valence-electron chi connectivity index (χ2n) is 9.20. The number of aryl methyl sites for hydroxylation is 3. The molecular weight excluding hydrogens is 316 g/mol. The van der Waals surface area contributed by atoms with Crippen LogP contribution in [0.15, 0.2) is 12.1 Å². The second-order valence-corrected chi connectivity index (χ2v) is 9.20. The molecule has 1 saturated heterocycles. The molecule has 0 amide bonds. The van der Waals surface area contributed by atoms with Gasteiger partial charge in [-0.15, -0.1) is 0 Å². The minimum absolute atomic E-state index is 0.640. The summed E-state index contributed by atoms with van der Waals surface area (Å²) >= 11 is 0. The van der Waals surface area contributed by atoms with Crippen LogP contribution in [0.5, 0.6) is 0 Å². The monoisotopic (exact) mass is 356 g/mol. The number of hydrogen-bond donors (Lipinski definition) is 1. The predicted molar refractivity (Wildman–Crippen MR) is 114 cm³/mol. The molecular formula is C24H40N2. The van der Waals surface area contributed by atoms with Crippen molar-refractivity contribution in [1.29, 1.82) is 0 Å². The number of nitrogens with zero attached hydrogens (tertiary/aromatic N) is 1. The van der Waals surface area contributed by atoms with Crippen molar-refractivity contribution in [3.05, 3.63) is 28.8 Å². The van der Waals surface area contributed by atoms with Crippen LogP contribution in [0.25, 0.3) is 0 Å². The third kappa shape index (κ3) is 4.82. The van der Waals surface area contributed by atoms with Crippen molar-refractivity contribution in [3.63, 3.8) is 0 Å². The summed E-state index contributed by atoms with van der Waals surface area (Å²) in [5.74, 6) is 0. The van der Waals surface area contributed by atoms with Crippen LogP contribution in [0.4, 0.5) is 5.69 Å². The van der Waals surface area contributed by atoms with Crippen molar-refractivity contribution in [3.8, 4) is 0 Å². The number of nitrogens with one attached hydrogen (secondary N) is 1. The average Bonchev–Trinajstić information content (AvgIpc) is 2.65. The minimum Gasteiger partial charge on any atom is -0.382 e. The van der Waals surface area contributed by atoms with Crippen LogP contribution in [0.2, 0.25) is 0 Å². The number of likely N-dealkylation sites (tertiary alicyclic amines) is 1. The van der Waals surface area contributed by atoms with E-state index in [1.54, 1.807) is 0 Å². The molecule has 0 spiro atoms. The molecule has 0 bridgehead atoms. The lowest BCUT2D eigenvalue weighted by Crippen LogP contribution is -2.41. The first-order valence-corrected chi connectivity index (χ1v) is 11.1. The van der Waals surface area contributed by atoms with E-state index in [1.807, 2.05) is 0 Å². The van der Waals surface area contributed by atoms with E-state index >= 15 is 0 Å². The molecule has 3 rings (SSSR count). The highest BCUT2D eigenvalue weighted by atomic mass is 15.1. The third-order valence-corrected chi connectivity index (χ3v) is 7.24. The molecule has 1 aliphatic heterocycles. The van der Waals surface area contributed by atoms with E-state index in [0.29, 0.717) is 11.5 Å². The molecule has 1 N–H and O–H groups in total. The Morgan fingerprint density at radius 3 is 2.19 bits per heavy atom. The highest BCUT2D eigenvalue weighted by Crippen LogP contribution is 2.42. The molecule has 1 aliphatic carbocycles. The Morgan fingerprint density at radius 1 is 1.00 bits per heavy atom. The molecule has 1 aromatic carbocycles. The fraction of sp³-hybridized carbons (Fsp3) is 0.750. The standard InChI is InChI=1S/C24H40N2/c1-5-24(11-7-6-8-12-24)13-16-26-14-9-22(10-15-26)25-23-20(3)17-19(2)18-21(23)4/h17-18,22,25H,5-16H2,1-4H3. The van der Waals surface area contributed by atoms with Crippen LogP contribution in [0.3, 0.4) is 0 Å². The highest BCUT2D eigenvalue weighted by Gasteiger charge is 2.31. The molecule has 0 atom stereocenters. The highest BCUT2D eigenvalue weighted by molar-refractivity contribution is 5.58. The Balaban J connectivity index is 1.47. The molecule has 2 nitrogen and oxygen atoms in total. The zero-order chi connectivity index (χ0) is 18.6. The van der Waals surface area contributed by atoms with E-state index in [2.05, 4.69) is 50.0 Å². The van der Waals surface area contributed by atoms with Gasteiger partial charge in [0.1, 0.15) is 0 Å². The van der Waals surface area contributed by atoms with Crippen molar-refractivity contribution >= 4 is 5.69 Å². The number of benzene rings is 1. The zero-order valence-electron chi connectivity index (χ0n) is 17.7. The van der Waals surface area contributed by atoms with Crippen molar-refractivity contribution in [1.82, 2.24) is 4.90 Å². The van der Waals surface area contributed by atoms with E-state index in [1.165, 1.54) is 99.8 Å². The van der Waals surface area contributed by atoms with Gasteiger partial charge in [0.2, 0.25) is 0 Å². The van der Waals surface area contributed by atoms with Gasteiger partial charge in [0, 0.05) is 24.8 Å². The topological polar surface area (TPSA) is 15.3 Å². The van der Waals surface area contributed by atoms with Crippen LogP contribution in [0, 0.1) is 26.2 Å². The van der Waals surface area contributed by atoms with Crippen LogP contribution in [0.1, 0.15) is 81.4 Å². The maximum atomic E-state index is 3.86. The predicted octanol–water partition coefficient (Wildman–Crippen LogP) is 6.24. The maximum Gasteiger partial charge on any atom is 0.0401 e. The van der Waals surface area contributed by atoms with Crippen LogP contribution < -0.4 is 5.32 Å². The summed E-state index contributed by atoms with van der Waals surface area (Å²) in [7, 11) is 0. The Morgan fingerprint density at radius 2 is 1.62 bits per heavy atom. The first-order chi connectivity index (χ1) is 12.5. The first kappa shape index (κ1) is 19.7. The number of hydrogen-bond acceptors (Lipinski definition) is 2. The molecule has 1 saturated carbocycles. The zero-order valence-corrected chi connectivity index (χ0v) is 17.7. The lowest BCUT2D eigenvalue weighted by atomic mass is 9.70. The maximum absolute atomic E-state index is 3.86. The minimum atomic E-state index is 0.640. The van der Waals surface area contributed by atoms with Gasteiger partial charge in [0.25, 0.3) is 0 Å². The summed E-state index contributed by atoms with van der Waals surface area (Å²) < 4.78 is 0. The van der Waals surface area contributed by atoms with Crippen LogP contribution in [-0.4, -0.2) is 30.6 Å². The van der Waals surface area contributed by atoms with E-state index in [0.717, 1.165) is 0 Å². The summed E-state index contributed by atoms with van der Waals surface area (Å²) in [4.78, 5) is 2.74. The molecule has 26 heavy (non-hydrogen) atoms. The number of rotatable bonds is 6. The normalized spacial score (nSPS) is 21.7. The van der Waals surface area contributed by atoms with Gasteiger partial charge in [-0.05, 0) is 76.0 Å².